The summed E-state index contributed by atoms with van der Waals surface area (Å²) in [6, 6.07) is 77.3. The first-order valence-electron chi connectivity index (χ1n) is 23.2. The van der Waals surface area contributed by atoms with Gasteiger partial charge >= 0.3 is 0 Å². The van der Waals surface area contributed by atoms with Gasteiger partial charge in [0.2, 0.25) is 0 Å². The van der Waals surface area contributed by atoms with Crippen molar-refractivity contribution in [2.24, 2.45) is 0 Å². The van der Waals surface area contributed by atoms with Gasteiger partial charge in [0.1, 0.15) is 0 Å². The highest BCUT2D eigenvalue weighted by Crippen LogP contribution is 2.52. The summed E-state index contributed by atoms with van der Waals surface area (Å²) in [4.78, 5) is 4.92. The minimum Gasteiger partial charge on any atom is -0.310 e. The SMILES string of the molecule is Cc1ccc(N(c2ccc(C)cc2)c2cc(-c3ccc4cc(Br)ccc4c3)c3ccc4c(N(c5ccc(C)cc5)c5ccc(C)cc5)cc(-c5ccc6cc(Br)ccc6c5)c5ccc2c3c54)cc1. The van der Waals surface area contributed by atoms with Gasteiger partial charge in [-0.25, -0.2) is 0 Å². The summed E-state index contributed by atoms with van der Waals surface area (Å²) in [5, 5.41) is 12.1. The van der Waals surface area contributed by atoms with E-state index < -0.39 is 0 Å². The predicted molar refractivity (Wildman–Crippen MR) is 300 cm³/mol. The molecular formula is C64H46Br2N2. The fourth-order valence-electron chi connectivity index (χ4n) is 10.2. The molecule has 326 valence electrons. The molecule has 0 spiro atoms. The maximum atomic E-state index is 3.72. The Morgan fingerprint density at radius 2 is 0.574 bits per heavy atom. The number of benzene rings is 12. The summed E-state index contributed by atoms with van der Waals surface area (Å²) in [7, 11) is 0. The van der Waals surface area contributed by atoms with Gasteiger partial charge in [-0.2, -0.15) is 0 Å². The number of fused-ring (bicyclic) bond motifs is 2. The molecular weight excluding hydrogens is 957 g/mol. The molecule has 0 aliphatic heterocycles. The molecule has 0 N–H and O–H groups in total. The quantitative estimate of drug-likeness (QED) is 0.140. The summed E-state index contributed by atoms with van der Waals surface area (Å²) in [5.41, 5.74) is 16.3. The molecule has 12 rings (SSSR count). The predicted octanol–water partition coefficient (Wildman–Crippen LogP) is 19.9. The molecule has 0 amide bonds. The maximum absolute atomic E-state index is 3.72. The Morgan fingerprint density at radius 1 is 0.279 bits per heavy atom. The van der Waals surface area contributed by atoms with Crippen LogP contribution in [0.4, 0.5) is 34.1 Å². The van der Waals surface area contributed by atoms with Gasteiger partial charge in [-0.05, 0) is 179 Å². The smallest absolute Gasteiger partial charge is 0.0546 e. The van der Waals surface area contributed by atoms with Crippen LogP contribution in [0.3, 0.4) is 0 Å². The first-order valence-corrected chi connectivity index (χ1v) is 24.8. The molecule has 12 aromatic rings. The second kappa shape index (κ2) is 16.8. The molecule has 2 nitrogen and oxygen atoms in total. The number of rotatable bonds is 8. The zero-order valence-electron chi connectivity index (χ0n) is 38.3. The third kappa shape index (κ3) is 7.40. The van der Waals surface area contributed by atoms with Crippen LogP contribution in [0.25, 0.3) is 76.1 Å². The van der Waals surface area contributed by atoms with Gasteiger partial charge in [-0.3, -0.25) is 0 Å². The molecule has 0 heterocycles. The van der Waals surface area contributed by atoms with Gasteiger partial charge in [-0.1, -0.05) is 163 Å². The number of anilines is 6. The first-order chi connectivity index (χ1) is 33.1. The number of nitrogens with zero attached hydrogens (tertiary/aromatic N) is 2. The van der Waals surface area contributed by atoms with Crippen molar-refractivity contribution in [1.29, 1.82) is 0 Å². The number of halogens is 2. The van der Waals surface area contributed by atoms with Gasteiger partial charge in [0.05, 0.1) is 11.4 Å². The lowest BCUT2D eigenvalue weighted by molar-refractivity contribution is 1.28. The molecule has 0 saturated carbocycles. The van der Waals surface area contributed by atoms with E-state index in [0.717, 1.165) is 43.1 Å². The molecule has 4 heteroatoms. The fourth-order valence-corrected chi connectivity index (χ4v) is 11.0. The Kier molecular flexibility index (Phi) is 10.4. The number of hydrogen-bond acceptors (Lipinski definition) is 2. The van der Waals surface area contributed by atoms with Crippen LogP contribution >= 0.6 is 31.9 Å². The summed E-state index contributed by atoms with van der Waals surface area (Å²) in [5.74, 6) is 0. The van der Waals surface area contributed by atoms with Crippen LogP contribution in [-0.2, 0) is 0 Å². The largest absolute Gasteiger partial charge is 0.310 e. The van der Waals surface area contributed by atoms with Crippen LogP contribution in [0, 0.1) is 27.7 Å². The van der Waals surface area contributed by atoms with Crippen molar-refractivity contribution in [1.82, 2.24) is 0 Å². The van der Waals surface area contributed by atoms with Crippen LogP contribution < -0.4 is 9.80 Å². The molecule has 0 bridgehead atoms. The highest BCUT2D eigenvalue weighted by Gasteiger charge is 2.26. The van der Waals surface area contributed by atoms with E-state index in [-0.39, 0.29) is 0 Å². The van der Waals surface area contributed by atoms with Crippen molar-refractivity contribution >= 4 is 120 Å². The Labute approximate surface area is 414 Å². The molecule has 12 aromatic carbocycles. The van der Waals surface area contributed by atoms with E-state index in [2.05, 4.69) is 276 Å². The van der Waals surface area contributed by atoms with E-state index in [4.69, 9.17) is 0 Å². The Bertz CT molecular complexity index is 3540. The third-order valence-corrected chi connectivity index (χ3v) is 14.7. The summed E-state index contributed by atoms with van der Waals surface area (Å²) >= 11 is 7.45. The monoisotopic (exact) mass is 1000 g/mol. The maximum Gasteiger partial charge on any atom is 0.0546 e. The molecule has 0 aromatic heterocycles. The zero-order chi connectivity index (χ0) is 46.2. The molecule has 0 aliphatic carbocycles. The van der Waals surface area contributed by atoms with Crippen LogP contribution in [0.2, 0.25) is 0 Å². The Morgan fingerprint density at radius 3 is 0.912 bits per heavy atom. The molecule has 0 fully saturated rings. The van der Waals surface area contributed by atoms with E-state index in [1.165, 1.54) is 98.4 Å². The van der Waals surface area contributed by atoms with Crippen molar-refractivity contribution in [3.63, 3.8) is 0 Å². The highest BCUT2D eigenvalue weighted by atomic mass is 79.9. The molecule has 0 atom stereocenters. The van der Waals surface area contributed by atoms with E-state index >= 15 is 0 Å². The normalized spacial score (nSPS) is 11.7. The minimum atomic E-state index is 1.07. The Balaban J connectivity index is 1.25. The molecule has 0 unspecified atom stereocenters. The lowest BCUT2D eigenvalue weighted by Gasteiger charge is -2.31. The van der Waals surface area contributed by atoms with Gasteiger partial charge < -0.3 is 9.80 Å². The lowest BCUT2D eigenvalue weighted by atomic mass is 9.84. The van der Waals surface area contributed by atoms with E-state index in [9.17, 15) is 0 Å². The van der Waals surface area contributed by atoms with Crippen LogP contribution in [0.1, 0.15) is 22.3 Å². The van der Waals surface area contributed by atoms with E-state index in [0.29, 0.717) is 0 Å². The summed E-state index contributed by atoms with van der Waals surface area (Å²) in [6.45, 7) is 8.64. The second-order valence-corrected chi connectivity index (χ2v) is 20.2. The topological polar surface area (TPSA) is 6.48 Å². The second-order valence-electron chi connectivity index (χ2n) is 18.4. The van der Waals surface area contributed by atoms with Crippen LogP contribution in [-0.4, -0.2) is 0 Å². The highest BCUT2D eigenvalue weighted by molar-refractivity contribution is 9.10. The van der Waals surface area contributed by atoms with Gasteiger partial charge in [0.25, 0.3) is 0 Å². The van der Waals surface area contributed by atoms with Crippen molar-refractivity contribution in [2.75, 3.05) is 9.80 Å². The van der Waals surface area contributed by atoms with Crippen LogP contribution in [0.15, 0.2) is 215 Å². The van der Waals surface area contributed by atoms with Gasteiger partial charge in [0.15, 0.2) is 0 Å². The molecule has 0 saturated heterocycles. The summed E-state index contributed by atoms with van der Waals surface area (Å²) in [6.07, 6.45) is 0. The van der Waals surface area contributed by atoms with E-state index in [1.54, 1.807) is 0 Å². The van der Waals surface area contributed by atoms with Crippen molar-refractivity contribution in [3.8, 4) is 22.3 Å². The fraction of sp³-hybridized carbons (Fsp3) is 0.0625. The Hall–Kier alpha value is -7.24. The van der Waals surface area contributed by atoms with Crippen LogP contribution in [0.5, 0.6) is 0 Å². The molecule has 0 radical (unpaired) electrons. The van der Waals surface area contributed by atoms with Crippen molar-refractivity contribution in [3.05, 3.63) is 237 Å². The minimum absolute atomic E-state index is 1.07. The average Bonchev–Trinajstić information content (AvgIpc) is 3.35. The number of aryl methyl sites for hydroxylation is 4. The van der Waals surface area contributed by atoms with Gasteiger partial charge in [0, 0.05) is 53.2 Å². The average molecular weight is 1000 g/mol. The van der Waals surface area contributed by atoms with Crippen molar-refractivity contribution < 1.29 is 0 Å². The summed E-state index contributed by atoms with van der Waals surface area (Å²) < 4.78 is 2.15. The lowest BCUT2D eigenvalue weighted by Crippen LogP contribution is -2.12. The van der Waals surface area contributed by atoms with Crippen molar-refractivity contribution in [2.45, 2.75) is 27.7 Å². The van der Waals surface area contributed by atoms with E-state index in [1.807, 2.05) is 0 Å². The third-order valence-electron chi connectivity index (χ3n) is 13.7. The zero-order valence-corrected chi connectivity index (χ0v) is 41.5. The number of hydrogen-bond donors (Lipinski definition) is 0. The standard InChI is InChI=1S/C64H46Br2N2/c1-39-5-21-51(22-6-39)67(52-23-7-40(2)8-24-52)61-37-59(47-15-13-45-35-49(65)19-17-43(45)33-47)55-30-32-58-62(68(53-25-9-41(3)10-26-53)54-27-11-42(4)12-28-54)38-60(56-29-31-57(61)63(55)64(56)58)48-16-14-46-36-50(66)20-18-44(46)34-48/h5-38H,1-4H3. The molecule has 0 aliphatic rings. The van der Waals surface area contributed by atoms with Gasteiger partial charge in [-0.15, -0.1) is 0 Å². The first kappa shape index (κ1) is 42.1. The molecule has 68 heavy (non-hydrogen) atoms.